The van der Waals surface area contributed by atoms with E-state index in [9.17, 15) is 0 Å². The second-order valence-corrected chi connectivity index (χ2v) is 6.60. The highest BCUT2D eigenvalue weighted by atomic mass is 35.5. The van der Waals surface area contributed by atoms with Crippen LogP contribution in [0.2, 0.25) is 5.02 Å². The van der Waals surface area contributed by atoms with Crippen molar-refractivity contribution in [1.82, 2.24) is 5.32 Å². The molecule has 2 aromatic rings. The molecule has 0 aliphatic carbocycles. The average molecular weight is 320 g/mol. The number of nitrogens with one attached hydrogen (secondary N) is 1. The van der Waals surface area contributed by atoms with E-state index in [1.807, 2.05) is 29.5 Å². The number of halogens is 1. The van der Waals surface area contributed by atoms with Crippen LogP contribution in [0.3, 0.4) is 0 Å². The lowest BCUT2D eigenvalue weighted by Crippen LogP contribution is -2.17. The monoisotopic (exact) mass is 319 g/mol. The smallest absolute Gasteiger partial charge is 0.0412 e. The van der Waals surface area contributed by atoms with Crippen molar-refractivity contribution in [2.45, 2.75) is 26.7 Å². The summed E-state index contributed by atoms with van der Waals surface area (Å²) in [6.07, 6.45) is 4.57. The molecule has 1 aromatic heterocycles. The van der Waals surface area contributed by atoms with Crippen molar-refractivity contribution in [2.24, 2.45) is 0 Å². The number of rotatable bonds is 7. The quantitative estimate of drug-likeness (QED) is 0.630. The highest BCUT2D eigenvalue weighted by molar-refractivity contribution is 7.16. The van der Waals surface area contributed by atoms with Gasteiger partial charge in [-0.15, -0.1) is 11.3 Å². The summed E-state index contributed by atoms with van der Waals surface area (Å²) in [5.74, 6) is 0. The zero-order valence-corrected chi connectivity index (χ0v) is 14.2. The minimum Gasteiger partial charge on any atom is -0.313 e. The first-order chi connectivity index (χ1) is 10.2. The Balaban J connectivity index is 2.11. The molecular weight excluding hydrogens is 298 g/mol. The van der Waals surface area contributed by atoms with Gasteiger partial charge in [0.2, 0.25) is 0 Å². The highest BCUT2D eigenvalue weighted by Crippen LogP contribution is 2.30. The van der Waals surface area contributed by atoms with E-state index < -0.39 is 0 Å². The first kappa shape index (κ1) is 16.3. The number of thiophene rings is 1. The average Bonchev–Trinajstić information content (AvgIpc) is 2.95. The Labute approximate surface area is 136 Å². The largest absolute Gasteiger partial charge is 0.313 e. The van der Waals surface area contributed by atoms with E-state index in [2.05, 4.69) is 43.4 Å². The van der Waals surface area contributed by atoms with Gasteiger partial charge in [-0.3, -0.25) is 0 Å². The third-order valence-electron chi connectivity index (χ3n) is 3.32. The fraction of sp³-hybridized carbons (Fsp3) is 0.333. The van der Waals surface area contributed by atoms with E-state index in [1.54, 1.807) is 0 Å². The third kappa shape index (κ3) is 4.99. The second kappa shape index (κ2) is 8.38. The van der Waals surface area contributed by atoms with Crippen LogP contribution in [0.5, 0.6) is 0 Å². The van der Waals surface area contributed by atoms with Gasteiger partial charge in [-0.1, -0.05) is 43.2 Å². The SMILES string of the molecule is CCCNCC(=Cc1ccc(-c2cccc(Cl)c2)s1)CC. The second-order valence-electron chi connectivity index (χ2n) is 5.05. The van der Waals surface area contributed by atoms with E-state index in [0.717, 1.165) is 24.5 Å². The molecule has 21 heavy (non-hydrogen) atoms. The van der Waals surface area contributed by atoms with Crippen molar-refractivity contribution in [2.75, 3.05) is 13.1 Å². The lowest BCUT2D eigenvalue weighted by atomic mass is 10.1. The molecule has 1 nitrogen and oxygen atoms in total. The molecule has 1 aromatic carbocycles. The highest BCUT2D eigenvalue weighted by Gasteiger charge is 2.03. The first-order valence-corrected chi connectivity index (χ1v) is 8.68. The van der Waals surface area contributed by atoms with Gasteiger partial charge in [0.25, 0.3) is 0 Å². The number of benzene rings is 1. The minimum atomic E-state index is 0.788. The van der Waals surface area contributed by atoms with Crippen LogP contribution in [-0.2, 0) is 0 Å². The fourth-order valence-electron chi connectivity index (χ4n) is 2.13. The Hall–Kier alpha value is -1.09. The molecule has 1 heterocycles. The Morgan fingerprint density at radius 1 is 1.24 bits per heavy atom. The van der Waals surface area contributed by atoms with Crippen LogP contribution in [0, 0.1) is 0 Å². The van der Waals surface area contributed by atoms with Gasteiger partial charge in [-0.25, -0.2) is 0 Å². The molecule has 0 aliphatic rings. The Morgan fingerprint density at radius 3 is 2.81 bits per heavy atom. The summed E-state index contributed by atoms with van der Waals surface area (Å²) in [6.45, 7) is 6.47. The molecule has 0 bridgehead atoms. The molecule has 0 fully saturated rings. The van der Waals surface area contributed by atoms with E-state index in [0.29, 0.717) is 0 Å². The van der Waals surface area contributed by atoms with Crippen LogP contribution in [0.1, 0.15) is 31.6 Å². The van der Waals surface area contributed by atoms with Crippen molar-refractivity contribution in [3.63, 3.8) is 0 Å². The predicted octanol–water partition coefficient (Wildman–Crippen LogP) is 5.86. The molecule has 2 rings (SSSR count). The summed E-state index contributed by atoms with van der Waals surface area (Å²) >= 11 is 7.88. The van der Waals surface area contributed by atoms with Crippen molar-refractivity contribution in [3.05, 3.63) is 51.9 Å². The molecule has 0 spiro atoms. The van der Waals surface area contributed by atoms with Crippen molar-refractivity contribution >= 4 is 29.0 Å². The van der Waals surface area contributed by atoms with Gasteiger partial charge in [-0.2, -0.15) is 0 Å². The lowest BCUT2D eigenvalue weighted by molar-refractivity contribution is 0.706. The Morgan fingerprint density at radius 2 is 2.10 bits per heavy atom. The van der Waals surface area contributed by atoms with Gasteiger partial charge in [-0.05, 0) is 55.3 Å². The van der Waals surface area contributed by atoms with Crippen molar-refractivity contribution < 1.29 is 0 Å². The van der Waals surface area contributed by atoms with Gasteiger partial charge < -0.3 is 5.32 Å². The molecule has 0 atom stereocenters. The van der Waals surface area contributed by atoms with Crippen LogP contribution in [0.15, 0.2) is 42.0 Å². The molecule has 0 radical (unpaired) electrons. The number of hydrogen-bond donors (Lipinski definition) is 1. The summed E-state index contributed by atoms with van der Waals surface area (Å²) in [5.41, 5.74) is 2.64. The van der Waals surface area contributed by atoms with E-state index in [1.165, 1.54) is 27.3 Å². The van der Waals surface area contributed by atoms with Crippen molar-refractivity contribution in [3.8, 4) is 10.4 Å². The molecule has 3 heteroatoms. The summed E-state index contributed by atoms with van der Waals surface area (Å²) < 4.78 is 0. The van der Waals surface area contributed by atoms with Gasteiger partial charge in [0.1, 0.15) is 0 Å². The summed E-state index contributed by atoms with van der Waals surface area (Å²) in [7, 11) is 0. The van der Waals surface area contributed by atoms with Crippen LogP contribution >= 0.6 is 22.9 Å². The Kier molecular flexibility index (Phi) is 6.50. The summed E-state index contributed by atoms with van der Waals surface area (Å²) in [5, 5.41) is 4.26. The zero-order valence-electron chi connectivity index (χ0n) is 12.7. The van der Waals surface area contributed by atoms with Crippen LogP contribution in [0.4, 0.5) is 0 Å². The first-order valence-electron chi connectivity index (χ1n) is 7.49. The number of hydrogen-bond acceptors (Lipinski definition) is 2. The van der Waals surface area contributed by atoms with E-state index in [4.69, 9.17) is 11.6 Å². The molecule has 0 unspecified atom stereocenters. The van der Waals surface area contributed by atoms with E-state index >= 15 is 0 Å². The maximum absolute atomic E-state index is 6.06. The van der Waals surface area contributed by atoms with Gasteiger partial charge in [0.05, 0.1) is 0 Å². The fourth-order valence-corrected chi connectivity index (χ4v) is 3.32. The van der Waals surface area contributed by atoms with Gasteiger partial charge in [0, 0.05) is 21.3 Å². The van der Waals surface area contributed by atoms with Crippen molar-refractivity contribution in [1.29, 1.82) is 0 Å². The van der Waals surface area contributed by atoms with E-state index in [-0.39, 0.29) is 0 Å². The summed E-state index contributed by atoms with van der Waals surface area (Å²) in [6, 6.07) is 12.4. The molecule has 0 saturated carbocycles. The van der Waals surface area contributed by atoms with Gasteiger partial charge >= 0.3 is 0 Å². The molecule has 1 N–H and O–H groups in total. The molecule has 0 aliphatic heterocycles. The van der Waals surface area contributed by atoms with Crippen LogP contribution < -0.4 is 5.32 Å². The maximum atomic E-state index is 6.06. The molecule has 112 valence electrons. The lowest BCUT2D eigenvalue weighted by Gasteiger charge is -2.05. The maximum Gasteiger partial charge on any atom is 0.0412 e. The third-order valence-corrected chi connectivity index (χ3v) is 4.63. The van der Waals surface area contributed by atoms with Crippen LogP contribution in [0.25, 0.3) is 16.5 Å². The summed E-state index contributed by atoms with van der Waals surface area (Å²) in [4.78, 5) is 2.57. The predicted molar refractivity (Wildman–Crippen MR) is 96.2 cm³/mol. The molecule has 0 saturated heterocycles. The van der Waals surface area contributed by atoms with Crippen LogP contribution in [-0.4, -0.2) is 13.1 Å². The standard InChI is InChI=1S/C18H22ClNS/c1-3-10-20-13-14(4-2)11-17-8-9-18(21-17)15-6-5-7-16(19)12-15/h5-9,11-12,20H,3-4,10,13H2,1-2H3. The zero-order chi connectivity index (χ0) is 15.1. The molecule has 0 amide bonds. The topological polar surface area (TPSA) is 12.0 Å². The Bertz CT molecular complexity index is 601. The molecular formula is C18H22ClNS. The van der Waals surface area contributed by atoms with Gasteiger partial charge in [0.15, 0.2) is 0 Å². The normalized spacial score (nSPS) is 11.9. The minimum absolute atomic E-state index is 0.788.